The topological polar surface area (TPSA) is 86.4 Å². The zero-order chi connectivity index (χ0) is 44.0. The largest absolute Gasteiger partial charge is 0.496 e. The number of likely N-dealkylation sites (N-methyl/N-ethyl adjacent to an activating group) is 1. The number of halogens is 1. The van der Waals surface area contributed by atoms with Gasteiger partial charge in [-0.25, -0.2) is 9.18 Å². The summed E-state index contributed by atoms with van der Waals surface area (Å²) in [5.74, 6) is 1.43. The number of aromatic nitrogens is 1. The summed E-state index contributed by atoms with van der Waals surface area (Å²) < 4.78 is 44.0. The SMILES string of the molecule is COc1cc(C(=O)N2C[C@H](F)C[C@@H](N(C)C(=O)OC(C)(C)C)C2)cc2oc(-c3cc4ccccc4n3CC3CC3)c(CCO[Si](c3ccccc3)(c3ccccc3)C(C)(C)C)c12. The number of hydrogen-bond acceptors (Lipinski definition) is 6. The maximum Gasteiger partial charge on any atom is 0.410 e. The van der Waals surface area contributed by atoms with Crippen LogP contribution in [0.4, 0.5) is 9.18 Å². The summed E-state index contributed by atoms with van der Waals surface area (Å²) in [6.45, 7) is 13.5. The van der Waals surface area contributed by atoms with Crippen LogP contribution in [0, 0.1) is 5.92 Å². The molecule has 0 spiro atoms. The standard InChI is InChI=1S/C51H60FN3O6Si/c1-50(2,3)61-49(57)53(7)38-30-37(52)32-54(33-38)48(56)36-28-44(58-8)46-41(25-26-59-62(51(4,5)6,39-18-11-9-12-19-39)40-20-13-10-14-21-40)47(60-45(46)29-36)43-27-35-17-15-16-22-42(35)55(43)31-34-23-24-34/h9-22,27-29,34,37-38H,23-26,30-33H2,1-8H3/t37-,38-/m1/s1. The van der Waals surface area contributed by atoms with Crippen LogP contribution in [0.2, 0.25) is 5.04 Å². The Morgan fingerprint density at radius 2 is 1.52 bits per heavy atom. The molecule has 8 rings (SSSR count). The van der Waals surface area contributed by atoms with E-state index < -0.39 is 32.2 Å². The second kappa shape index (κ2) is 17.1. The van der Waals surface area contributed by atoms with Crippen molar-refractivity contribution >= 4 is 52.6 Å². The van der Waals surface area contributed by atoms with Crippen molar-refractivity contribution in [2.24, 2.45) is 5.92 Å². The van der Waals surface area contributed by atoms with Crippen LogP contribution in [0.5, 0.6) is 5.75 Å². The summed E-state index contributed by atoms with van der Waals surface area (Å²) in [7, 11) is 0.320. The van der Waals surface area contributed by atoms with Crippen molar-refractivity contribution in [3.05, 3.63) is 114 Å². The van der Waals surface area contributed by atoms with Crippen molar-refractivity contribution in [1.29, 1.82) is 0 Å². The summed E-state index contributed by atoms with van der Waals surface area (Å²) in [4.78, 5) is 30.3. The Balaban J connectivity index is 1.21. The van der Waals surface area contributed by atoms with Crippen molar-refractivity contribution in [2.75, 3.05) is 33.9 Å². The molecule has 6 aromatic rings. The van der Waals surface area contributed by atoms with E-state index in [1.807, 2.05) is 12.1 Å². The number of likely N-dealkylation sites (tertiary alicyclic amines) is 1. The van der Waals surface area contributed by atoms with Crippen LogP contribution in [0.15, 0.2) is 108 Å². The second-order valence-electron chi connectivity index (χ2n) is 19.2. The van der Waals surface area contributed by atoms with Gasteiger partial charge in [0.15, 0.2) is 5.76 Å². The number of hydrogen-bond donors (Lipinski definition) is 0. The predicted octanol–water partition coefficient (Wildman–Crippen LogP) is 10.0. The van der Waals surface area contributed by atoms with Gasteiger partial charge in [-0.3, -0.25) is 4.79 Å². The van der Waals surface area contributed by atoms with Gasteiger partial charge in [0, 0.05) is 55.2 Å². The third kappa shape index (κ3) is 8.53. The number of para-hydroxylation sites is 1. The summed E-state index contributed by atoms with van der Waals surface area (Å²) >= 11 is 0. The maximum absolute atomic E-state index is 15.4. The predicted molar refractivity (Wildman–Crippen MR) is 247 cm³/mol. The van der Waals surface area contributed by atoms with E-state index in [2.05, 4.69) is 104 Å². The van der Waals surface area contributed by atoms with E-state index in [9.17, 15) is 9.59 Å². The van der Waals surface area contributed by atoms with Crippen molar-refractivity contribution < 1.29 is 32.3 Å². The molecule has 62 heavy (non-hydrogen) atoms. The van der Waals surface area contributed by atoms with Gasteiger partial charge in [0.05, 0.1) is 30.8 Å². The van der Waals surface area contributed by atoms with E-state index in [4.69, 9.17) is 18.3 Å². The van der Waals surface area contributed by atoms with Crippen LogP contribution in [0.25, 0.3) is 33.3 Å². The smallest absolute Gasteiger partial charge is 0.410 e. The fraction of sp³-hybridized carbons (Fsp3) is 0.412. The van der Waals surface area contributed by atoms with Crippen molar-refractivity contribution in [2.45, 2.75) is 96.6 Å². The first kappa shape index (κ1) is 43.3. The molecule has 9 nitrogen and oxygen atoms in total. The number of piperidine rings is 1. The fourth-order valence-corrected chi connectivity index (χ4v) is 13.9. The highest BCUT2D eigenvalue weighted by atomic mass is 28.4. The third-order valence-electron chi connectivity index (χ3n) is 12.5. The fourth-order valence-electron chi connectivity index (χ4n) is 9.33. The first-order valence-electron chi connectivity index (χ1n) is 21.9. The molecule has 0 radical (unpaired) electrons. The number of methoxy groups -OCH3 is 1. The van der Waals surface area contributed by atoms with Crippen molar-refractivity contribution in [1.82, 2.24) is 14.4 Å². The molecule has 0 N–H and O–H groups in total. The molecular formula is C51H60FN3O6Si. The molecule has 326 valence electrons. The van der Waals surface area contributed by atoms with Gasteiger partial charge < -0.3 is 32.7 Å². The van der Waals surface area contributed by atoms with Crippen LogP contribution in [0.3, 0.4) is 0 Å². The number of benzene rings is 4. The minimum Gasteiger partial charge on any atom is -0.496 e. The van der Waals surface area contributed by atoms with Crippen LogP contribution in [0.1, 0.15) is 76.7 Å². The Morgan fingerprint density at radius 1 is 0.871 bits per heavy atom. The molecule has 2 amide bonds. The van der Waals surface area contributed by atoms with Gasteiger partial charge in [-0.2, -0.15) is 0 Å². The number of amides is 2. The number of rotatable bonds is 12. The van der Waals surface area contributed by atoms with Crippen molar-refractivity contribution in [3.8, 4) is 17.2 Å². The van der Waals surface area contributed by atoms with E-state index in [1.54, 1.807) is 47.1 Å². The second-order valence-corrected chi connectivity index (χ2v) is 23.5. The number of carbonyl (C=O) groups excluding carboxylic acids is 2. The molecule has 3 heterocycles. The monoisotopic (exact) mass is 857 g/mol. The highest BCUT2D eigenvalue weighted by Crippen LogP contribution is 2.44. The lowest BCUT2D eigenvalue weighted by atomic mass is 10.0. The Labute approximate surface area is 365 Å². The number of alkyl halides is 1. The number of carbonyl (C=O) groups is 2. The Bertz CT molecular complexity index is 2510. The minimum absolute atomic E-state index is 0.0899. The van der Waals surface area contributed by atoms with E-state index in [-0.39, 0.29) is 30.5 Å². The van der Waals surface area contributed by atoms with Gasteiger partial charge in [0.1, 0.15) is 23.1 Å². The Hall–Kier alpha value is -5.39. The van der Waals surface area contributed by atoms with Crippen molar-refractivity contribution in [3.63, 3.8) is 0 Å². The zero-order valence-electron chi connectivity index (χ0n) is 37.4. The summed E-state index contributed by atoms with van der Waals surface area (Å²) in [6.07, 6.45) is 1.12. The molecule has 2 fully saturated rings. The first-order valence-corrected chi connectivity index (χ1v) is 23.8. The quantitative estimate of drug-likeness (QED) is 0.114. The molecule has 2 aliphatic rings. The van der Waals surface area contributed by atoms with Crippen LogP contribution < -0.4 is 15.1 Å². The zero-order valence-corrected chi connectivity index (χ0v) is 38.4. The number of nitrogens with zero attached hydrogens (tertiary/aromatic N) is 3. The average Bonchev–Trinajstić information content (AvgIpc) is 3.90. The Kier molecular flexibility index (Phi) is 11.9. The summed E-state index contributed by atoms with van der Waals surface area (Å²) in [6, 6.07) is 34.9. The molecule has 2 atom stereocenters. The molecule has 1 aliphatic carbocycles. The molecule has 11 heteroatoms. The van der Waals surface area contributed by atoms with Gasteiger partial charge in [0.25, 0.3) is 14.2 Å². The molecule has 2 aromatic heterocycles. The Morgan fingerprint density at radius 3 is 2.13 bits per heavy atom. The van der Waals surface area contributed by atoms with Gasteiger partial charge in [-0.05, 0) is 85.6 Å². The van der Waals surface area contributed by atoms with Gasteiger partial charge in [0.2, 0.25) is 0 Å². The number of fused-ring (bicyclic) bond motifs is 2. The first-order chi connectivity index (χ1) is 29.6. The maximum atomic E-state index is 15.4. The summed E-state index contributed by atoms with van der Waals surface area (Å²) in [5.41, 5.74) is 3.16. The lowest BCUT2D eigenvalue weighted by molar-refractivity contribution is 0.00539. The van der Waals surface area contributed by atoms with Crippen LogP contribution in [-0.4, -0.2) is 86.4 Å². The van der Waals surface area contributed by atoms with E-state index >= 15 is 4.39 Å². The molecule has 1 saturated heterocycles. The third-order valence-corrected chi connectivity index (χ3v) is 17.5. The van der Waals surface area contributed by atoms with E-state index in [0.29, 0.717) is 41.6 Å². The van der Waals surface area contributed by atoms with Gasteiger partial charge in [-0.15, -0.1) is 0 Å². The lowest BCUT2D eigenvalue weighted by Crippen LogP contribution is -2.66. The normalized spacial score (nSPS) is 17.4. The molecule has 0 unspecified atom stereocenters. The van der Waals surface area contributed by atoms with Crippen LogP contribution >= 0.6 is 0 Å². The van der Waals surface area contributed by atoms with E-state index in [1.165, 1.54) is 33.0 Å². The average molecular weight is 858 g/mol. The van der Waals surface area contributed by atoms with Gasteiger partial charge >= 0.3 is 6.09 Å². The molecule has 0 bridgehead atoms. The molecule has 4 aromatic carbocycles. The minimum atomic E-state index is -2.88. The van der Waals surface area contributed by atoms with E-state index in [0.717, 1.165) is 34.1 Å². The number of ether oxygens (including phenoxy) is 2. The molecular weight excluding hydrogens is 798 g/mol. The molecule has 1 aliphatic heterocycles. The van der Waals surface area contributed by atoms with Gasteiger partial charge in [-0.1, -0.05) is 99.6 Å². The highest BCUT2D eigenvalue weighted by Gasteiger charge is 2.50. The lowest BCUT2D eigenvalue weighted by Gasteiger charge is -2.43. The highest BCUT2D eigenvalue weighted by molar-refractivity contribution is 6.99. The van der Waals surface area contributed by atoms with Crippen LogP contribution in [-0.2, 0) is 22.1 Å². The molecule has 1 saturated carbocycles. The summed E-state index contributed by atoms with van der Waals surface area (Å²) in [5, 5.41) is 4.09. The number of furan rings is 1.